The fraction of sp³-hybridized carbons (Fsp3) is 0.833. The van der Waals surface area contributed by atoms with Gasteiger partial charge in [0.25, 0.3) is 0 Å². The molecule has 0 radical (unpaired) electrons. The summed E-state index contributed by atoms with van der Waals surface area (Å²) in [5.41, 5.74) is -6.84. The Morgan fingerprint density at radius 3 is 2.51 bits per heavy atom. The molecule has 3 N–H and O–H groups in total. The van der Waals surface area contributed by atoms with Gasteiger partial charge in [-0.25, -0.2) is 4.79 Å². The van der Waals surface area contributed by atoms with Crippen LogP contribution in [0.4, 0.5) is 0 Å². The predicted molar refractivity (Wildman–Crippen MR) is 137 cm³/mol. The van der Waals surface area contributed by atoms with E-state index < -0.39 is 57.2 Å². The van der Waals surface area contributed by atoms with E-state index in [4.69, 9.17) is 14.2 Å². The number of epoxide rings is 1. The third-order valence-electron chi connectivity index (χ3n) is 12.6. The molecule has 0 aromatic heterocycles. The minimum Gasteiger partial charge on any atom is -0.465 e. The van der Waals surface area contributed by atoms with Crippen molar-refractivity contribution in [1.82, 2.24) is 0 Å². The number of fused-ring (bicyclic) bond motifs is 4. The topological polar surface area (TPSA) is 143 Å². The van der Waals surface area contributed by atoms with Crippen molar-refractivity contribution in [1.29, 1.82) is 0 Å². The van der Waals surface area contributed by atoms with Crippen molar-refractivity contribution in [3.63, 3.8) is 0 Å². The molecule has 5 fully saturated rings. The molecule has 0 aromatic rings. The fourth-order valence-corrected chi connectivity index (χ4v) is 10.0. The number of Topliss-reactive ketones (excluding diaryl/α,β-unsaturated/α-hetero) is 1. The lowest BCUT2D eigenvalue weighted by molar-refractivity contribution is -0.297. The van der Waals surface area contributed by atoms with Crippen LogP contribution in [0.3, 0.4) is 0 Å². The minimum atomic E-state index is -1.96. The summed E-state index contributed by atoms with van der Waals surface area (Å²) in [6.07, 6.45) is 2.65. The van der Waals surface area contributed by atoms with Gasteiger partial charge in [0.1, 0.15) is 35.3 Å². The number of cyclic esters (lactones) is 1. The first-order valence-corrected chi connectivity index (χ1v) is 14.5. The van der Waals surface area contributed by atoms with Gasteiger partial charge < -0.3 is 29.5 Å². The van der Waals surface area contributed by atoms with Crippen LogP contribution in [0.5, 0.6) is 0 Å². The Morgan fingerprint density at radius 1 is 1.13 bits per heavy atom. The molecular weight excluding hydrogens is 504 g/mol. The molecule has 6 rings (SSSR count). The van der Waals surface area contributed by atoms with Crippen molar-refractivity contribution in [2.45, 2.75) is 127 Å². The lowest BCUT2D eigenvalue weighted by atomic mass is 9.41. The Morgan fingerprint density at radius 2 is 1.85 bits per heavy atom. The summed E-state index contributed by atoms with van der Waals surface area (Å²) in [5, 5.41) is 37.6. The highest BCUT2D eigenvalue weighted by atomic mass is 16.6. The molecule has 0 bridgehead atoms. The molecule has 2 aliphatic heterocycles. The molecule has 0 aromatic carbocycles. The average Bonchev–Trinajstić information content (AvgIpc) is 3.52. The highest BCUT2D eigenvalue weighted by Crippen LogP contribution is 2.75. The van der Waals surface area contributed by atoms with Crippen LogP contribution in [-0.4, -0.2) is 74.3 Å². The summed E-state index contributed by atoms with van der Waals surface area (Å²) in [4.78, 5) is 38.2. The number of rotatable bonds is 4. The standard InChI is InChI=1S/C30H42O9/c1-16-13-22(38-24(33)17(16)2)26(5,34)30(36)12-11-28(35)20-14-23-29(39-23)9-6-7-21(32)25(29,4)19(20)8-10-27(28,30)15-37-18(3)31/h19-20,22-23,34-36H,6-15H2,1-5H3/t19-,20?,22?,23+,25-,26?,27+,28+,29+,30+/m0/s1. The van der Waals surface area contributed by atoms with Crippen molar-refractivity contribution in [3.8, 4) is 0 Å². The van der Waals surface area contributed by atoms with Gasteiger partial charge in [-0.3, -0.25) is 9.59 Å². The number of carbonyl (C=O) groups excluding carboxylic acids is 3. The second-order valence-corrected chi connectivity index (χ2v) is 13.8. The fourth-order valence-electron chi connectivity index (χ4n) is 10.0. The maximum atomic E-state index is 13.5. The van der Waals surface area contributed by atoms with E-state index in [1.165, 1.54) is 13.8 Å². The summed E-state index contributed by atoms with van der Waals surface area (Å²) in [7, 11) is 0. The second kappa shape index (κ2) is 8.14. The maximum Gasteiger partial charge on any atom is 0.334 e. The number of ketones is 1. The van der Waals surface area contributed by atoms with Gasteiger partial charge in [-0.1, -0.05) is 5.57 Å². The Bertz CT molecular complexity index is 1170. The molecule has 1 saturated heterocycles. The first-order chi connectivity index (χ1) is 18.1. The predicted octanol–water partition coefficient (Wildman–Crippen LogP) is 2.52. The van der Waals surface area contributed by atoms with Crippen LogP contribution in [0.1, 0.15) is 92.4 Å². The van der Waals surface area contributed by atoms with E-state index in [1.807, 2.05) is 6.92 Å². The number of hydrogen-bond donors (Lipinski definition) is 3. The van der Waals surface area contributed by atoms with Gasteiger partial charge in [-0.05, 0) is 84.5 Å². The van der Waals surface area contributed by atoms with Crippen LogP contribution in [0.15, 0.2) is 11.1 Å². The third-order valence-corrected chi connectivity index (χ3v) is 12.6. The van der Waals surface area contributed by atoms with E-state index in [-0.39, 0.29) is 50.1 Å². The van der Waals surface area contributed by atoms with Crippen LogP contribution >= 0.6 is 0 Å². The summed E-state index contributed by atoms with van der Waals surface area (Å²) in [6.45, 7) is 7.94. The Kier molecular flexibility index (Phi) is 5.71. The summed E-state index contributed by atoms with van der Waals surface area (Å²) < 4.78 is 17.6. The lowest BCUT2D eigenvalue weighted by Gasteiger charge is -2.64. The molecule has 9 heteroatoms. The minimum absolute atomic E-state index is 0.0259. The van der Waals surface area contributed by atoms with E-state index in [9.17, 15) is 29.7 Å². The Balaban J connectivity index is 1.44. The molecular formula is C30H42O9. The van der Waals surface area contributed by atoms with Gasteiger partial charge in [0.2, 0.25) is 0 Å². The maximum absolute atomic E-state index is 13.5. The molecule has 10 atom stereocenters. The summed E-state index contributed by atoms with van der Waals surface area (Å²) >= 11 is 0. The third kappa shape index (κ3) is 3.08. The van der Waals surface area contributed by atoms with Crippen LogP contribution in [0.2, 0.25) is 0 Å². The number of aliphatic hydroxyl groups is 3. The molecule has 4 saturated carbocycles. The van der Waals surface area contributed by atoms with Crippen LogP contribution in [-0.2, 0) is 28.6 Å². The van der Waals surface area contributed by atoms with Crippen molar-refractivity contribution in [2.24, 2.45) is 22.7 Å². The van der Waals surface area contributed by atoms with E-state index in [2.05, 4.69) is 0 Å². The number of esters is 2. The zero-order valence-corrected chi connectivity index (χ0v) is 23.7. The van der Waals surface area contributed by atoms with E-state index in [0.717, 1.165) is 18.4 Å². The first kappa shape index (κ1) is 27.4. The van der Waals surface area contributed by atoms with Gasteiger partial charge in [0.05, 0.1) is 22.5 Å². The Labute approximate surface area is 229 Å². The molecule has 4 aliphatic carbocycles. The van der Waals surface area contributed by atoms with Gasteiger partial charge in [0.15, 0.2) is 0 Å². The zero-order valence-electron chi connectivity index (χ0n) is 23.7. The molecule has 6 aliphatic rings. The van der Waals surface area contributed by atoms with Crippen molar-refractivity contribution in [2.75, 3.05) is 6.61 Å². The van der Waals surface area contributed by atoms with Gasteiger partial charge >= 0.3 is 11.9 Å². The molecule has 39 heavy (non-hydrogen) atoms. The van der Waals surface area contributed by atoms with E-state index in [1.54, 1.807) is 13.8 Å². The number of hydrogen-bond acceptors (Lipinski definition) is 9. The largest absolute Gasteiger partial charge is 0.465 e. The molecule has 1 spiro atoms. The van der Waals surface area contributed by atoms with Gasteiger partial charge in [0, 0.05) is 25.3 Å². The van der Waals surface area contributed by atoms with Gasteiger partial charge in [-0.2, -0.15) is 0 Å². The van der Waals surface area contributed by atoms with Crippen LogP contribution in [0, 0.1) is 22.7 Å². The number of ether oxygens (including phenoxy) is 3. The van der Waals surface area contributed by atoms with E-state index >= 15 is 0 Å². The lowest BCUT2D eigenvalue weighted by Crippen LogP contribution is -2.75. The van der Waals surface area contributed by atoms with E-state index in [0.29, 0.717) is 24.8 Å². The summed E-state index contributed by atoms with van der Waals surface area (Å²) in [5.74, 6) is -1.47. The molecule has 3 unspecified atom stereocenters. The monoisotopic (exact) mass is 546 g/mol. The smallest absolute Gasteiger partial charge is 0.334 e. The van der Waals surface area contributed by atoms with Crippen molar-refractivity contribution >= 4 is 17.7 Å². The normalized spacial score (nSPS) is 50.2. The van der Waals surface area contributed by atoms with Crippen LogP contribution < -0.4 is 0 Å². The zero-order chi connectivity index (χ0) is 28.4. The highest BCUT2D eigenvalue weighted by Gasteiger charge is 2.84. The SMILES string of the molecule is CC(=O)OC[C@]12CC[C@H]3C(C[C@H]4O[C@]45CCCC(=O)[C@]35C)[C@]1(O)CC[C@@]2(O)C(C)(O)C1CC(C)=C(C)C(=O)O1. The Hall–Kier alpha value is -1.81. The molecule has 2 heterocycles. The summed E-state index contributed by atoms with van der Waals surface area (Å²) in [6, 6.07) is 0. The van der Waals surface area contributed by atoms with Crippen molar-refractivity contribution in [3.05, 3.63) is 11.1 Å². The number of carbonyl (C=O) groups is 3. The molecule has 9 nitrogen and oxygen atoms in total. The molecule has 0 amide bonds. The second-order valence-electron chi connectivity index (χ2n) is 13.8. The quantitative estimate of drug-likeness (QED) is 0.358. The molecule has 216 valence electrons. The van der Waals surface area contributed by atoms with Crippen LogP contribution in [0.25, 0.3) is 0 Å². The first-order valence-electron chi connectivity index (χ1n) is 14.5. The van der Waals surface area contributed by atoms with Crippen molar-refractivity contribution < 1.29 is 43.9 Å². The average molecular weight is 547 g/mol. The van der Waals surface area contributed by atoms with Gasteiger partial charge in [-0.15, -0.1) is 0 Å². The highest BCUT2D eigenvalue weighted by molar-refractivity contribution is 5.90.